The van der Waals surface area contributed by atoms with Gasteiger partial charge in [0.1, 0.15) is 0 Å². The van der Waals surface area contributed by atoms with Gasteiger partial charge in [-0.15, -0.1) is 4.33 Å². The molecule has 10 nitrogen and oxygen atoms in total. The zero-order valence-corrected chi connectivity index (χ0v) is 29.3. The van der Waals surface area contributed by atoms with Gasteiger partial charge in [0.15, 0.2) is 0 Å². The number of nitrogens with one attached hydrogen (secondary N) is 1. The number of hydrogen-bond donors (Lipinski definition) is 2. The van der Waals surface area contributed by atoms with Crippen molar-refractivity contribution in [3.63, 3.8) is 0 Å². The normalized spacial score (nSPS) is 11.5. The van der Waals surface area contributed by atoms with Crippen molar-refractivity contribution in [2.45, 2.75) is 38.0 Å². The molecule has 0 bridgehead atoms. The van der Waals surface area contributed by atoms with Gasteiger partial charge < -0.3 is 10.1 Å². The molecule has 1 amide bonds. The van der Waals surface area contributed by atoms with Gasteiger partial charge in [-0.2, -0.15) is 5.43 Å². The van der Waals surface area contributed by atoms with Crippen LogP contribution in [0.4, 0.5) is 5.82 Å². The first-order valence-corrected chi connectivity index (χ1v) is 17.1. The van der Waals surface area contributed by atoms with Crippen LogP contribution in [0, 0.1) is 5.41 Å². The van der Waals surface area contributed by atoms with E-state index in [0.717, 1.165) is 64.1 Å². The Hall–Kier alpha value is -4.91. The van der Waals surface area contributed by atoms with Crippen molar-refractivity contribution in [3.05, 3.63) is 127 Å². The van der Waals surface area contributed by atoms with Gasteiger partial charge in [-0.3, -0.25) is 4.79 Å². The average Bonchev–Trinajstić information content (AvgIpc) is 3.15. The molecule has 0 aliphatic rings. The molecule has 0 aliphatic carbocycles. The van der Waals surface area contributed by atoms with Crippen LogP contribution in [0.2, 0.25) is 0 Å². The predicted molar refractivity (Wildman–Crippen MR) is 195 cm³/mol. The Morgan fingerprint density at radius 2 is 1.64 bits per heavy atom. The summed E-state index contributed by atoms with van der Waals surface area (Å²) >= 11 is 1.01. The fourth-order valence-electron chi connectivity index (χ4n) is 5.08. The van der Waals surface area contributed by atoms with Gasteiger partial charge >= 0.3 is 0 Å². The van der Waals surface area contributed by atoms with E-state index in [1.54, 1.807) is 30.0 Å². The number of carbonyl (C=O) groups is 1. The molecule has 5 aromatic rings. The number of amides is 1. The molecule has 2 heterocycles. The van der Waals surface area contributed by atoms with E-state index in [4.69, 9.17) is 14.1 Å². The molecule has 0 atom stereocenters. The smallest absolute Gasteiger partial charge is 0.252 e. The molecule has 5 rings (SSSR count). The highest BCUT2D eigenvalue weighted by molar-refractivity contribution is 7.94. The van der Waals surface area contributed by atoms with Crippen molar-refractivity contribution in [1.29, 1.82) is 0 Å². The van der Waals surface area contributed by atoms with Crippen LogP contribution in [0.25, 0.3) is 22.4 Å². The summed E-state index contributed by atoms with van der Waals surface area (Å²) in [6.07, 6.45) is 6.01. The highest BCUT2D eigenvalue weighted by Crippen LogP contribution is 2.29. The number of nitrogens with zero attached hydrogens (tertiary/aromatic N) is 3. The van der Waals surface area contributed by atoms with Crippen LogP contribution < -0.4 is 15.5 Å². The number of hydrogen-bond acceptors (Lipinski definition) is 9. The second-order valence-corrected chi connectivity index (χ2v) is 13.0. The van der Waals surface area contributed by atoms with E-state index in [2.05, 4.69) is 69.5 Å². The first-order valence-electron chi connectivity index (χ1n) is 16.4. The molecule has 0 spiro atoms. The van der Waals surface area contributed by atoms with Gasteiger partial charge in [0.05, 0.1) is 43.2 Å². The minimum Gasteiger partial charge on any atom is -0.478 e. The molecule has 0 saturated carbocycles. The Kier molecular flexibility index (Phi) is 13.6. The Morgan fingerprint density at radius 3 is 2.38 bits per heavy atom. The second kappa shape index (κ2) is 18.7. The van der Waals surface area contributed by atoms with Crippen LogP contribution in [0.3, 0.4) is 0 Å². The topological polar surface area (TPSA) is 121 Å². The van der Waals surface area contributed by atoms with E-state index < -0.39 is 0 Å². The van der Waals surface area contributed by atoms with Crippen molar-refractivity contribution < 1.29 is 29.2 Å². The standard InChI is InChI=1S/C39H41N5O5S/c1-39(2,22-12-13-23-47-37-25-33(29-14-6-4-7-15-29)24-34(43-37)30-16-8-5-9-17-30)28-41-38(45)32-20-21-36(40-26-32)44-42-27-31-18-10-11-19-35(31)50-49-48-46-3/h4-11,14-21,24-27H,12-13,22-23,28H2,1-3H3,(H,40,44)(H,41,45)/p+1/b42-27+. The summed E-state index contributed by atoms with van der Waals surface area (Å²) in [7, 11) is 1.36. The van der Waals surface area contributed by atoms with Crippen molar-refractivity contribution in [2.24, 2.45) is 10.5 Å². The third kappa shape index (κ3) is 11.3. The first kappa shape index (κ1) is 36.4. The molecular weight excluding hydrogens is 651 g/mol. The number of unbranched alkanes of at least 4 members (excludes halogenated alkanes) is 1. The molecule has 0 radical (unpaired) electrons. The Labute approximate surface area is 297 Å². The maximum Gasteiger partial charge on any atom is 0.252 e. The minimum absolute atomic E-state index is 0.0905. The fourth-order valence-corrected chi connectivity index (χ4v) is 5.58. The van der Waals surface area contributed by atoms with Gasteiger partial charge in [0, 0.05) is 40.9 Å². The third-order valence-corrected chi connectivity index (χ3v) is 8.49. The van der Waals surface area contributed by atoms with Crippen molar-refractivity contribution in [3.8, 4) is 28.3 Å². The Bertz CT molecular complexity index is 1760. The summed E-state index contributed by atoms with van der Waals surface area (Å²) in [5.41, 5.74) is 6.98. The summed E-state index contributed by atoms with van der Waals surface area (Å²) in [5.74, 6) is 1.08. The zero-order valence-electron chi connectivity index (χ0n) is 28.5. The monoisotopic (exact) mass is 692 g/mol. The van der Waals surface area contributed by atoms with Gasteiger partial charge in [-0.1, -0.05) is 103 Å². The SMILES string of the molecule is COOOSc1ccccc1/C=N/[NH2+]c1ccc(C(=O)NCC(C)(C)CCCCOc2cc(-c3ccccc3)cc(-c3ccccc3)n2)cn1. The lowest BCUT2D eigenvalue weighted by atomic mass is 9.87. The summed E-state index contributed by atoms with van der Waals surface area (Å²) in [5, 5.41) is 11.9. The number of nitrogens with two attached hydrogens (primary N) is 1. The molecule has 0 saturated heterocycles. The number of aromatic nitrogens is 2. The summed E-state index contributed by atoms with van der Waals surface area (Å²) in [6.45, 7) is 5.42. The highest BCUT2D eigenvalue weighted by Gasteiger charge is 2.19. The molecule has 0 aliphatic heterocycles. The van der Waals surface area contributed by atoms with E-state index in [-0.39, 0.29) is 11.3 Å². The highest BCUT2D eigenvalue weighted by atomic mass is 32.2. The van der Waals surface area contributed by atoms with Crippen molar-refractivity contribution >= 4 is 30.0 Å². The molecule has 0 unspecified atom stereocenters. The summed E-state index contributed by atoms with van der Waals surface area (Å²) < 4.78 is 11.1. The van der Waals surface area contributed by atoms with Gasteiger partial charge in [0.25, 0.3) is 11.7 Å². The fraction of sp³-hybridized carbons (Fsp3) is 0.231. The van der Waals surface area contributed by atoms with Gasteiger partial charge in [-0.25, -0.2) is 14.9 Å². The van der Waals surface area contributed by atoms with Crippen LogP contribution in [-0.2, 0) is 14.3 Å². The largest absolute Gasteiger partial charge is 0.478 e. The molecule has 2 aromatic heterocycles. The molecule has 3 aromatic carbocycles. The number of quaternary nitrogens is 1. The molecule has 3 N–H and O–H groups in total. The van der Waals surface area contributed by atoms with Crippen LogP contribution in [0.5, 0.6) is 5.88 Å². The maximum atomic E-state index is 12.9. The number of rotatable bonds is 18. The predicted octanol–water partition coefficient (Wildman–Crippen LogP) is 7.56. The summed E-state index contributed by atoms with van der Waals surface area (Å²) in [6, 6.07) is 35.6. The van der Waals surface area contributed by atoms with E-state index in [0.29, 0.717) is 30.4 Å². The Balaban J connectivity index is 1.06. The molecule has 0 fully saturated rings. The summed E-state index contributed by atoms with van der Waals surface area (Å²) in [4.78, 5) is 27.3. The van der Waals surface area contributed by atoms with E-state index in [1.165, 1.54) is 7.11 Å². The molecule has 50 heavy (non-hydrogen) atoms. The molecular formula is C39H42N5O5S+. The molecule has 11 heteroatoms. The van der Waals surface area contributed by atoms with Crippen molar-refractivity contribution in [1.82, 2.24) is 15.3 Å². The van der Waals surface area contributed by atoms with E-state index in [1.807, 2.05) is 66.7 Å². The van der Waals surface area contributed by atoms with Gasteiger partial charge in [0.2, 0.25) is 5.88 Å². The van der Waals surface area contributed by atoms with Crippen LogP contribution in [0.15, 0.2) is 125 Å². The second-order valence-electron chi connectivity index (χ2n) is 12.3. The van der Waals surface area contributed by atoms with E-state index >= 15 is 0 Å². The van der Waals surface area contributed by atoms with Crippen LogP contribution >= 0.6 is 12.0 Å². The average molecular weight is 693 g/mol. The lowest BCUT2D eigenvalue weighted by molar-refractivity contribution is -0.580. The van der Waals surface area contributed by atoms with Crippen LogP contribution in [0.1, 0.15) is 49.0 Å². The lowest BCUT2D eigenvalue weighted by Gasteiger charge is -2.25. The number of ether oxygens (including phenoxy) is 1. The lowest BCUT2D eigenvalue weighted by Crippen LogP contribution is -2.71. The zero-order chi connectivity index (χ0) is 35.0. The Morgan fingerprint density at radius 1 is 0.900 bits per heavy atom. The van der Waals surface area contributed by atoms with Crippen LogP contribution in [-0.4, -0.2) is 42.4 Å². The van der Waals surface area contributed by atoms with E-state index in [9.17, 15) is 4.79 Å². The first-order chi connectivity index (χ1) is 24.4. The van der Waals surface area contributed by atoms with Gasteiger partial charge in [-0.05, 0) is 54.0 Å². The van der Waals surface area contributed by atoms with Crippen molar-refractivity contribution in [2.75, 3.05) is 20.3 Å². The molecule has 258 valence electrons. The number of pyridine rings is 2. The minimum atomic E-state index is -0.160. The third-order valence-electron chi connectivity index (χ3n) is 7.81. The number of benzene rings is 3. The maximum absolute atomic E-state index is 12.9. The quantitative estimate of drug-likeness (QED) is 0.0241. The number of carbonyl (C=O) groups excluding carboxylic acids is 1.